The Bertz CT molecular complexity index is 444. The van der Waals surface area contributed by atoms with Crippen molar-refractivity contribution in [3.05, 3.63) is 29.3 Å². The lowest BCUT2D eigenvalue weighted by molar-refractivity contribution is 0.0635. The molecule has 0 spiro atoms. The van der Waals surface area contributed by atoms with Gasteiger partial charge in [-0.05, 0) is 25.5 Å². The maximum atomic E-state index is 13.5. The monoisotopic (exact) mass is 254 g/mol. The number of hydrogen-bond acceptors (Lipinski definition) is 3. The molecule has 3 nitrogen and oxygen atoms in total. The van der Waals surface area contributed by atoms with Crippen molar-refractivity contribution >= 4 is 5.69 Å². The summed E-state index contributed by atoms with van der Waals surface area (Å²) in [7, 11) is 0. The average Bonchev–Trinajstić information content (AvgIpc) is 2.27. The van der Waals surface area contributed by atoms with Crippen LogP contribution in [0.4, 0.5) is 14.5 Å². The lowest BCUT2D eigenvalue weighted by Crippen LogP contribution is -2.33. The molecule has 0 amide bonds. The summed E-state index contributed by atoms with van der Waals surface area (Å²) in [4.78, 5) is 0. The van der Waals surface area contributed by atoms with Crippen LogP contribution in [-0.4, -0.2) is 17.3 Å². The van der Waals surface area contributed by atoms with Crippen molar-refractivity contribution in [3.63, 3.8) is 0 Å². The predicted octanol–water partition coefficient (Wildman–Crippen LogP) is 2.80. The summed E-state index contributed by atoms with van der Waals surface area (Å²) in [5, 5.41) is 21.0. The van der Waals surface area contributed by atoms with Crippen molar-refractivity contribution in [1.82, 2.24) is 0 Å². The highest BCUT2D eigenvalue weighted by Crippen LogP contribution is 2.22. The van der Waals surface area contributed by atoms with E-state index in [-0.39, 0.29) is 17.8 Å². The second-order valence-electron chi connectivity index (χ2n) is 4.53. The number of aliphatic hydroxyl groups is 1. The van der Waals surface area contributed by atoms with Crippen LogP contribution in [0.2, 0.25) is 0 Å². The lowest BCUT2D eigenvalue weighted by Gasteiger charge is -2.23. The largest absolute Gasteiger partial charge is 0.388 e. The van der Waals surface area contributed by atoms with E-state index in [9.17, 15) is 13.9 Å². The fraction of sp³-hybridized carbons (Fsp3) is 0.462. The van der Waals surface area contributed by atoms with E-state index in [1.807, 2.05) is 6.92 Å². The quantitative estimate of drug-likeness (QED) is 0.849. The topological polar surface area (TPSA) is 56.0 Å². The summed E-state index contributed by atoms with van der Waals surface area (Å²) in [6, 6.07) is 3.59. The Labute approximate surface area is 105 Å². The van der Waals surface area contributed by atoms with Crippen LogP contribution in [0.3, 0.4) is 0 Å². The van der Waals surface area contributed by atoms with Gasteiger partial charge in [0, 0.05) is 6.54 Å². The maximum absolute atomic E-state index is 13.5. The molecule has 0 fully saturated rings. The second kappa shape index (κ2) is 5.78. The van der Waals surface area contributed by atoms with Crippen molar-refractivity contribution in [3.8, 4) is 6.07 Å². The van der Waals surface area contributed by atoms with Gasteiger partial charge in [0.25, 0.3) is 0 Å². The number of nitrogens with zero attached hydrogens (tertiary/aromatic N) is 1. The van der Waals surface area contributed by atoms with Gasteiger partial charge in [-0.3, -0.25) is 0 Å². The second-order valence-corrected chi connectivity index (χ2v) is 4.53. The molecular formula is C13H16F2N2O. The van der Waals surface area contributed by atoms with Gasteiger partial charge in [-0.25, -0.2) is 8.78 Å². The number of nitrogens with one attached hydrogen (secondary N) is 1. The maximum Gasteiger partial charge on any atom is 0.150 e. The third-order valence-corrected chi connectivity index (χ3v) is 2.61. The van der Waals surface area contributed by atoms with Crippen LogP contribution in [0.1, 0.15) is 32.3 Å². The fourth-order valence-corrected chi connectivity index (χ4v) is 1.71. The molecule has 0 aliphatic carbocycles. The summed E-state index contributed by atoms with van der Waals surface area (Å²) < 4.78 is 27.0. The Balaban J connectivity index is 2.83. The highest BCUT2D eigenvalue weighted by Gasteiger charge is 2.20. The highest BCUT2D eigenvalue weighted by molar-refractivity contribution is 5.50. The number of benzene rings is 1. The van der Waals surface area contributed by atoms with Crippen molar-refractivity contribution in [2.75, 3.05) is 11.9 Å². The molecule has 0 saturated heterocycles. The molecule has 98 valence electrons. The van der Waals surface area contributed by atoms with Gasteiger partial charge in [0.15, 0.2) is 11.6 Å². The Morgan fingerprint density at radius 3 is 2.39 bits per heavy atom. The van der Waals surface area contributed by atoms with Gasteiger partial charge in [-0.2, -0.15) is 5.26 Å². The molecular weight excluding hydrogens is 238 g/mol. The minimum Gasteiger partial charge on any atom is -0.388 e. The van der Waals surface area contributed by atoms with Gasteiger partial charge < -0.3 is 10.4 Å². The Kier molecular flexibility index (Phi) is 4.62. The van der Waals surface area contributed by atoms with E-state index >= 15 is 0 Å². The first-order valence-corrected chi connectivity index (χ1v) is 5.75. The van der Waals surface area contributed by atoms with Crippen LogP contribution in [-0.2, 0) is 0 Å². The van der Waals surface area contributed by atoms with Crippen molar-refractivity contribution in [2.24, 2.45) is 0 Å². The lowest BCUT2D eigenvalue weighted by atomic mass is 10.0. The third-order valence-electron chi connectivity index (χ3n) is 2.61. The van der Waals surface area contributed by atoms with Crippen molar-refractivity contribution in [2.45, 2.75) is 32.3 Å². The van der Waals surface area contributed by atoms with Crippen molar-refractivity contribution in [1.29, 1.82) is 5.26 Å². The standard InChI is InChI=1S/C13H16F2N2O/c1-3-4-13(2,18)8-17-12-10(14)5-9(7-16)6-11(12)15/h5-6,17-18H,3-4,8H2,1-2H3. The minimum atomic E-state index is -1.03. The minimum absolute atomic E-state index is 0.0422. The highest BCUT2D eigenvalue weighted by atomic mass is 19.1. The molecule has 0 bridgehead atoms. The molecule has 18 heavy (non-hydrogen) atoms. The van der Waals surface area contributed by atoms with E-state index < -0.39 is 17.2 Å². The van der Waals surface area contributed by atoms with Crippen LogP contribution < -0.4 is 5.32 Å². The first kappa shape index (κ1) is 14.4. The Morgan fingerprint density at radius 2 is 1.94 bits per heavy atom. The number of anilines is 1. The Morgan fingerprint density at radius 1 is 1.39 bits per heavy atom. The molecule has 0 heterocycles. The van der Waals surface area contributed by atoms with Gasteiger partial charge >= 0.3 is 0 Å². The zero-order valence-corrected chi connectivity index (χ0v) is 10.4. The third kappa shape index (κ3) is 3.67. The number of halogens is 2. The molecule has 1 rings (SSSR count). The van der Waals surface area contributed by atoms with Crippen molar-refractivity contribution < 1.29 is 13.9 Å². The molecule has 1 aromatic carbocycles. The summed E-state index contributed by atoms with van der Waals surface area (Å²) >= 11 is 0. The van der Waals surface area contributed by atoms with Crippen LogP contribution >= 0.6 is 0 Å². The smallest absolute Gasteiger partial charge is 0.150 e. The van der Waals surface area contributed by atoms with Gasteiger partial charge in [0.05, 0.1) is 17.2 Å². The zero-order chi connectivity index (χ0) is 13.8. The molecule has 0 radical (unpaired) electrons. The van der Waals surface area contributed by atoms with Gasteiger partial charge in [0.2, 0.25) is 0 Å². The van der Waals surface area contributed by atoms with Crippen LogP contribution in [0.25, 0.3) is 0 Å². The summed E-state index contributed by atoms with van der Waals surface area (Å²) in [6.45, 7) is 3.56. The van der Waals surface area contributed by atoms with E-state index in [0.29, 0.717) is 6.42 Å². The predicted molar refractivity (Wildman–Crippen MR) is 65.1 cm³/mol. The molecule has 0 aromatic heterocycles. The van der Waals surface area contributed by atoms with E-state index in [2.05, 4.69) is 5.32 Å². The molecule has 0 aliphatic rings. The number of hydrogen-bond donors (Lipinski definition) is 2. The number of rotatable bonds is 5. The van der Waals surface area contributed by atoms with Gasteiger partial charge in [-0.1, -0.05) is 13.3 Å². The number of nitriles is 1. The molecule has 5 heteroatoms. The summed E-state index contributed by atoms with van der Waals surface area (Å²) in [6.07, 6.45) is 1.30. The Hall–Kier alpha value is -1.67. The molecule has 1 atom stereocenters. The summed E-state index contributed by atoms with van der Waals surface area (Å²) in [5.41, 5.74) is -1.41. The molecule has 0 aliphatic heterocycles. The first-order valence-electron chi connectivity index (χ1n) is 5.75. The fourth-order valence-electron chi connectivity index (χ4n) is 1.71. The molecule has 1 aromatic rings. The normalized spacial score (nSPS) is 13.8. The molecule has 0 saturated carbocycles. The zero-order valence-electron chi connectivity index (χ0n) is 10.4. The molecule has 2 N–H and O–H groups in total. The van der Waals surface area contributed by atoms with E-state index in [1.165, 1.54) is 0 Å². The van der Waals surface area contributed by atoms with Gasteiger partial charge in [0.1, 0.15) is 5.69 Å². The average molecular weight is 254 g/mol. The van der Waals surface area contributed by atoms with Crippen LogP contribution in [0, 0.1) is 23.0 Å². The summed E-state index contributed by atoms with van der Waals surface area (Å²) in [5.74, 6) is -1.67. The van der Waals surface area contributed by atoms with E-state index in [0.717, 1.165) is 18.6 Å². The SMILES string of the molecule is CCCC(C)(O)CNc1c(F)cc(C#N)cc1F. The van der Waals surface area contributed by atoms with Crippen LogP contribution in [0.5, 0.6) is 0 Å². The molecule has 1 unspecified atom stereocenters. The van der Waals surface area contributed by atoms with E-state index in [4.69, 9.17) is 5.26 Å². The van der Waals surface area contributed by atoms with E-state index in [1.54, 1.807) is 13.0 Å². The van der Waals surface area contributed by atoms with Crippen LogP contribution in [0.15, 0.2) is 12.1 Å². The van der Waals surface area contributed by atoms with Gasteiger partial charge in [-0.15, -0.1) is 0 Å². The first-order chi connectivity index (χ1) is 8.39.